The molecule has 1 rings (SSSR count). The van der Waals surface area contributed by atoms with Crippen molar-refractivity contribution in [2.24, 2.45) is 0 Å². The molecule has 98 valence electrons. The largest absolute Gasteiger partial charge is 0.481 e. The summed E-state index contributed by atoms with van der Waals surface area (Å²) in [5, 5.41) is 19.7. The average molecular weight is 272 g/mol. The highest BCUT2D eigenvalue weighted by molar-refractivity contribution is 7.11. The zero-order valence-corrected chi connectivity index (χ0v) is 10.4. The van der Waals surface area contributed by atoms with Gasteiger partial charge in [-0.05, 0) is 13.3 Å². The maximum atomic E-state index is 11.7. The van der Waals surface area contributed by atoms with E-state index in [0.29, 0.717) is 10.6 Å². The molecule has 1 aromatic heterocycles. The molecule has 0 aliphatic rings. The number of nitrogens with one attached hydrogen (secondary N) is 1. The van der Waals surface area contributed by atoms with E-state index in [1.165, 1.54) is 5.51 Å². The molecule has 18 heavy (non-hydrogen) atoms. The van der Waals surface area contributed by atoms with E-state index in [0.717, 1.165) is 11.3 Å². The van der Waals surface area contributed by atoms with Crippen LogP contribution in [-0.2, 0) is 9.59 Å². The fourth-order valence-electron chi connectivity index (χ4n) is 1.27. The molecule has 8 heteroatoms. The van der Waals surface area contributed by atoms with Crippen LogP contribution in [0.25, 0.3) is 0 Å². The number of hydrogen-bond donors (Lipinski definition) is 3. The Kier molecular flexibility index (Phi) is 4.78. The highest BCUT2D eigenvalue weighted by Crippen LogP contribution is 2.12. The first-order chi connectivity index (χ1) is 8.41. The first-order valence-electron chi connectivity index (χ1n) is 5.07. The van der Waals surface area contributed by atoms with E-state index < -0.39 is 23.9 Å². The van der Waals surface area contributed by atoms with Gasteiger partial charge >= 0.3 is 11.9 Å². The zero-order valence-electron chi connectivity index (χ0n) is 9.54. The number of hydrogen-bond acceptors (Lipinski definition) is 5. The maximum absolute atomic E-state index is 11.7. The predicted octanol–water partition coefficient (Wildman–Crippen LogP) is 0.499. The third-order valence-corrected chi connectivity index (χ3v) is 3.13. The van der Waals surface area contributed by atoms with Crippen LogP contribution in [0.15, 0.2) is 5.51 Å². The van der Waals surface area contributed by atoms with Gasteiger partial charge in [0.2, 0.25) is 0 Å². The summed E-state index contributed by atoms with van der Waals surface area (Å²) in [7, 11) is 0. The Hall–Kier alpha value is -1.96. The van der Waals surface area contributed by atoms with Crippen LogP contribution in [0.2, 0.25) is 0 Å². The summed E-state index contributed by atoms with van der Waals surface area (Å²) in [5.41, 5.74) is 2.00. The second-order valence-electron chi connectivity index (χ2n) is 3.56. The van der Waals surface area contributed by atoms with Crippen molar-refractivity contribution in [3.63, 3.8) is 0 Å². The molecule has 0 unspecified atom stereocenters. The molecule has 1 atom stereocenters. The molecule has 0 aromatic carbocycles. The van der Waals surface area contributed by atoms with Gasteiger partial charge in [-0.2, -0.15) is 0 Å². The number of amides is 1. The molecule has 7 nitrogen and oxygen atoms in total. The van der Waals surface area contributed by atoms with Gasteiger partial charge in [-0.1, -0.05) is 0 Å². The molecule has 0 aliphatic carbocycles. The minimum absolute atomic E-state index is 0.158. The van der Waals surface area contributed by atoms with Gasteiger partial charge in [0.05, 0.1) is 11.2 Å². The van der Waals surface area contributed by atoms with Crippen LogP contribution in [0.3, 0.4) is 0 Å². The Labute approximate surface area is 106 Å². The van der Waals surface area contributed by atoms with Gasteiger partial charge in [-0.3, -0.25) is 9.59 Å². The summed E-state index contributed by atoms with van der Waals surface area (Å²) >= 11 is 1.10. The fourth-order valence-corrected chi connectivity index (χ4v) is 1.97. The number of carboxylic acids is 2. The van der Waals surface area contributed by atoms with Gasteiger partial charge < -0.3 is 15.5 Å². The van der Waals surface area contributed by atoms with Crippen molar-refractivity contribution in [1.29, 1.82) is 0 Å². The molecule has 0 aliphatic heterocycles. The Morgan fingerprint density at radius 1 is 1.44 bits per heavy atom. The van der Waals surface area contributed by atoms with Gasteiger partial charge in [0.25, 0.3) is 5.91 Å². The van der Waals surface area contributed by atoms with E-state index in [9.17, 15) is 14.4 Å². The summed E-state index contributed by atoms with van der Waals surface area (Å²) < 4.78 is 0. The van der Waals surface area contributed by atoms with E-state index in [1.807, 2.05) is 0 Å². The van der Waals surface area contributed by atoms with Crippen LogP contribution < -0.4 is 5.32 Å². The number of aromatic nitrogens is 1. The molecule has 1 aromatic rings. The second kappa shape index (κ2) is 6.10. The number of carboxylic acid groups (broad SMARTS) is 2. The smallest absolute Gasteiger partial charge is 0.326 e. The average Bonchev–Trinajstić information content (AvgIpc) is 2.69. The van der Waals surface area contributed by atoms with Crippen LogP contribution in [0.5, 0.6) is 0 Å². The molecule has 3 N–H and O–H groups in total. The number of carbonyl (C=O) groups is 3. The Morgan fingerprint density at radius 3 is 2.56 bits per heavy atom. The summed E-state index contributed by atoms with van der Waals surface area (Å²) in [5.74, 6) is -2.91. The molecule has 1 amide bonds. The number of aryl methyl sites for hydroxylation is 1. The van der Waals surface area contributed by atoms with Crippen LogP contribution in [0.4, 0.5) is 0 Å². The van der Waals surface area contributed by atoms with Gasteiger partial charge in [-0.25, -0.2) is 9.78 Å². The zero-order chi connectivity index (χ0) is 13.7. The molecule has 0 saturated carbocycles. The molecular weight excluding hydrogens is 260 g/mol. The van der Waals surface area contributed by atoms with Crippen molar-refractivity contribution >= 4 is 29.2 Å². The van der Waals surface area contributed by atoms with Crippen molar-refractivity contribution in [3.8, 4) is 0 Å². The minimum atomic E-state index is -1.26. The molecule has 0 spiro atoms. The van der Waals surface area contributed by atoms with Crippen molar-refractivity contribution in [2.75, 3.05) is 0 Å². The summed E-state index contributed by atoms with van der Waals surface area (Å²) in [6, 6.07) is -1.21. The third-order valence-electron chi connectivity index (χ3n) is 2.20. The van der Waals surface area contributed by atoms with Crippen molar-refractivity contribution in [2.45, 2.75) is 25.8 Å². The van der Waals surface area contributed by atoms with Crippen molar-refractivity contribution in [1.82, 2.24) is 10.3 Å². The Bertz CT molecular complexity index is 471. The van der Waals surface area contributed by atoms with E-state index in [2.05, 4.69) is 10.3 Å². The van der Waals surface area contributed by atoms with Crippen LogP contribution in [0, 0.1) is 6.92 Å². The first kappa shape index (κ1) is 14.1. The number of carbonyl (C=O) groups excluding carboxylic acids is 1. The SMILES string of the molecule is Cc1ncsc1C(=O)N[C@@H](CCC(=O)O)C(=O)O. The summed E-state index contributed by atoms with van der Waals surface area (Å²) in [6.45, 7) is 1.64. The summed E-state index contributed by atoms with van der Waals surface area (Å²) in [6.07, 6.45) is -0.479. The lowest BCUT2D eigenvalue weighted by Crippen LogP contribution is -2.41. The molecule has 0 radical (unpaired) electrons. The Morgan fingerprint density at radius 2 is 2.11 bits per heavy atom. The van der Waals surface area contributed by atoms with Crippen LogP contribution >= 0.6 is 11.3 Å². The molecular formula is C10H12N2O5S. The van der Waals surface area contributed by atoms with E-state index in [4.69, 9.17) is 10.2 Å². The quantitative estimate of drug-likeness (QED) is 0.694. The van der Waals surface area contributed by atoms with Gasteiger partial charge in [0.1, 0.15) is 10.9 Å². The van der Waals surface area contributed by atoms with Crippen LogP contribution in [0.1, 0.15) is 28.2 Å². The monoisotopic (exact) mass is 272 g/mol. The topological polar surface area (TPSA) is 117 Å². The summed E-state index contributed by atoms with van der Waals surface area (Å²) in [4.78, 5) is 37.2. The minimum Gasteiger partial charge on any atom is -0.481 e. The highest BCUT2D eigenvalue weighted by Gasteiger charge is 2.23. The lowest BCUT2D eigenvalue weighted by molar-refractivity contribution is -0.140. The lowest BCUT2D eigenvalue weighted by Gasteiger charge is -2.12. The van der Waals surface area contributed by atoms with E-state index >= 15 is 0 Å². The number of rotatable bonds is 6. The van der Waals surface area contributed by atoms with Crippen LogP contribution in [-0.4, -0.2) is 39.1 Å². The first-order valence-corrected chi connectivity index (χ1v) is 5.95. The molecule has 0 bridgehead atoms. The van der Waals surface area contributed by atoms with Gasteiger partial charge in [0.15, 0.2) is 0 Å². The van der Waals surface area contributed by atoms with E-state index in [1.54, 1.807) is 6.92 Å². The number of nitrogens with zero attached hydrogens (tertiary/aromatic N) is 1. The lowest BCUT2D eigenvalue weighted by atomic mass is 10.1. The second-order valence-corrected chi connectivity index (χ2v) is 4.42. The Balaban J connectivity index is 2.67. The standard InChI is InChI=1S/C10H12N2O5S/c1-5-8(18-4-11-5)9(15)12-6(10(16)17)2-3-7(13)14/h4,6H,2-3H2,1H3,(H,12,15)(H,13,14)(H,16,17)/t6-/m0/s1. The normalized spacial score (nSPS) is 11.8. The number of thiazole rings is 1. The fraction of sp³-hybridized carbons (Fsp3) is 0.400. The van der Waals surface area contributed by atoms with Crippen molar-refractivity contribution in [3.05, 3.63) is 16.1 Å². The molecule has 0 saturated heterocycles. The van der Waals surface area contributed by atoms with E-state index in [-0.39, 0.29) is 12.8 Å². The third kappa shape index (κ3) is 3.81. The van der Waals surface area contributed by atoms with Gasteiger partial charge in [-0.15, -0.1) is 11.3 Å². The van der Waals surface area contributed by atoms with Crippen molar-refractivity contribution < 1.29 is 24.6 Å². The number of aliphatic carboxylic acids is 2. The molecule has 0 fully saturated rings. The predicted molar refractivity (Wildman–Crippen MR) is 62.6 cm³/mol. The highest BCUT2D eigenvalue weighted by atomic mass is 32.1. The maximum Gasteiger partial charge on any atom is 0.326 e. The van der Waals surface area contributed by atoms with Gasteiger partial charge in [0, 0.05) is 6.42 Å². The molecule has 1 heterocycles.